The molecular formula is C21H30ClN5S. The molecule has 1 aromatic carbocycles. The van der Waals surface area contributed by atoms with Crippen LogP contribution in [0.25, 0.3) is 0 Å². The fourth-order valence-electron chi connectivity index (χ4n) is 4.04. The maximum atomic E-state index is 6.26. The van der Waals surface area contributed by atoms with Crippen molar-refractivity contribution in [3.05, 3.63) is 50.4 Å². The molecule has 2 N–H and O–H groups in total. The van der Waals surface area contributed by atoms with Gasteiger partial charge in [0.25, 0.3) is 0 Å². The summed E-state index contributed by atoms with van der Waals surface area (Å²) in [7, 11) is 4.03. The maximum Gasteiger partial charge on any atom is 0.191 e. The largest absolute Gasteiger partial charge is 0.356 e. The monoisotopic (exact) mass is 419 g/mol. The van der Waals surface area contributed by atoms with E-state index in [0.717, 1.165) is 41.3 Å². The topological polar surface area (TPSA) is 52.6 Å². The minimum absolute atomic E-state index is 0.365. The summed E-state index contributed by atoms with van der Waals surface area (Å²) in [5, 5.41) is 8.87. The number of benzene rings is 1. The van der Waals surface area contributed by atoms with Crippen LogP contribution in [0.2, 0.25) is 5.02 Å². The van der Waals surface area contributed by atoms with Crippen LogP contribution >= 0.6 is 22.9 Å². The van der Waals surface area contributed by atoms with Gasteiger partial charge in [0, 0.05) is 29.5 Å². The van der Waals surface area contributed by atoms with Gasteiger partial charge in [-0.3, -0.25) is 9.89 Å². The number of nitrogens with zero attached hydrogens (tertiary/aromatic N) is 3. The van der Waals surface area contributed by atoms with E-state index >= 15 is 0 Å². The molecule has 1 aliphatic heterocycles. The molecule has 0 spiro atoms. The van der Waals surface area contributed by atoms with Crippen molar-refractivity contribution in [2.75, 3.05) is 27.2 Å². The number of aliphatic imine (C=N–C) groups is 1. The highest BCUT2D eigenvalue weighted by atomic mass is 35.5. The first-order valence-electron chi connectivity index (χ1n) is 9.81. The summed E-state index contributed by atoms with van der Waals surface area (Å²) in [6.07, 6.45) is 2.41. The number of hydrogen-bond acceptors (Lipinski definition) is 4. The lowest BCUT2D eigenvalue weighted by molar-refractivity contribution is 0.122. The lowest BCUT2D eigenvalue weighted by Gasteiger charge is -2.40. The van der Waals surface area contributed by atoms with E-state index in [1.165, 1.54) is 23.3 Å². The molecule has 0 saturated carbocycles. The van der Waals surface area contributed by atoms with E-state index in [9.17, 15) is 0 Å². The van der Waals surface area contributed by atoms with Crippen molar-refractivity contribution in [1.29, 1.82) is 0 Å². The molecule has 2 atom stereocenters. The van der Waals surface area contributed by atoms with Gasteiger partial charge in [-0.25, -0.2) is 4.98 Å². The Kier molecular flexibility index (Phi) is 7.32. The van der Waals surface area contributed by atoms with Crippen LogP contribution in [0.3, 0.4) is 0 Å². The van der Waals surface area contributed by atoms with E-state index in [2.05, 4.69) is 51.6 Å². The Morgan fingerprint density at radius 3 is 2.86 bits per heavy atom. The zero-order valence-electron chi connectivity index (χ0n) is 17.1. The molecule has 2 unspecified atom stereocenters. The van der Waals surface area contributed by atoms with Crippen LogP contribution in [0.4, 0.5) is 0 Å². The van der Waals surface area contributed by atoms with Gasteiger partial charge >= 0.3 is 0 Å². The molecule has 0 radical (unpaired) electrons. The SMILES string of the molecule is CN=C(NCc1sc(C)nc1C)NCC1CCCN(C)C1c1cccc(Cl)c1. The second kappa shape index (κ2) is 9.72. The van der Waals surface area contributed by atoms with Crippen LogP contribution in [-0.4, -0.2) is 43.0 Å². The number of aryl methyl sites for hydroxylation is 2. The lowest BCUT2D eigenvalue weighted by atomic mass is 9.85. The van der Waals surface area contributed by atoms with Gasteiger partial charge in [0.1, 0.15) is 0 Å². The Bertz CT molecular complexity index is 819. The van der Waals surface area contributed by atoms with Crippen molar-refractivity contribution in [3.63, 3.8) is 0 Å². The Balaban J connectivity index is 1.62. The predicted molar refractivity (Wildman–Crippen MR) is 119 cm³/mol. The van der Waals surface area contributed by atoms with Gasteiger partial charge in [-0.05, 0) is 63.9 Å². The van der Waals surface area contributed by atoms with E-state index in [4.69, 9.17) is 11.6 Å². The summed E-state index contributed by atoms with van der Waals surface area (Å²) in [6, 6.07) is 8.64. The summed E-state index contributed by atoms with van der Waals surface area (Å²) in [4.78, 5) is 12.6. The Labute approximate surface area is 177 Å². The lowest BCUT2D eigenvalue weighted by Crippen LogP contribution is -2.44. The molecule has 3 rings (SSSR count). The van der Waals surface area contributed by atoms with Crippen molar-refractivity contribution < 1.29 is 0 Å². The van der Waals surface area contributed by atoms with Crippen molar-refractivity contribution in [2.24, 2.45) is 10.9 Å². The van der Waals surface area contributed by atoms with Gasteiger partial charge in [0.2, 0.25) is 0 Å². The molecule has 5 nitrogen and oxygen atoms in total. The summed E-state index contributed by atoms with van der Waals surface area (Å²) in [5.41, 5.74) is 2.39. The minimum Gasteiger partial charge on any atom is -0.356 e. The van der Waals surface area contributed by atoms with Gasteiger partial charge < -0.3 is 10.6 Å². The number of piperidine rings is 1. The Hall–Kier alpha value is -1.63. The zero-order valence-corrected chi connectivity index (χ0v) is 18.7. The molecule has 152 valence electrons. The summed E-state index contributed by atoms with van der Waals surface area (Å²) in [5.74, 6) is 1.34. The van der Waals surface area contributed by atoms with Crippen LogP contribution in [0.15, 0.2) is 29.3 Å². The maximum absolute atomic E-state index is 6.26. The first-order chi connectivity index (χ1) is 13.5. The van der Waals surface area contributed by atoms with E-state index in [1.54, 1.807) is 11.3 Å². The highest BCUT2D eigenvalue weighted by Crippen LogP contribution is 2.35. The third-order valence-corrected chi connectivity index (χ3v) is 6.68. The molecule has 7 heteroatoms. The van der Waals surface area contributed by atoms with Crippen molar-refractivity contribution in [3.8, 4) is 0 Å². The first-order valence-corrected chi connectivity index (χ1v) is 11.0. The smallest absolute Gasteiger partial charge is 0.191 e. The molecule has 28 heavy (non-hydrogen) atoms. The Morgan fingerprint density at radius 1 is 1.36 bits per heavy atom. The van der Waals surface area contributed by atoms with Crippen LogP contribution < -0.4 is 10.6 Å². The van der Waals surface area contributed by atoms with Gasteiger partial charge in [-0.2, -0.15) is 0 Å². The number of rotatable bonds is 5. The van der Waals surface area contributed by atoms with Crippen LogP contribution in [0.5, 0.6) is 0 Å². The number of thiazole rings is 1. The number of guanidine groups is 1. The highest BCUT2D eigenvalue weighted by Gasteiger charge is 2.30. The molecule has 1 aromatic heterocycles. The molecule has 1 fully saturated rings. The van der Waals surface area contributed by atoms with Crippen LogP contribution in [-0.2, 0) is 6.54 Å². The molecule has 2 heterocycles. The number of likely N-dealkylation sites (tertiary alicyclic amines) is 1. The first kappa shape index (κ1) is 21.1. The average molecular weight is 420 g/mol. The van der Waals surface area contributed by atoms with Crippen LogP contribution in [0, 0.1) is 19.8 Å². The summed E-state index contributed by atoms with van der Waals surface area (Å²) < 4.78 is 0. The van der Waals surface area contributed by atoms with Gasteiger partial charge in [0.15, 0.2) is 5.96 Å². The molecule has 1 aliphatic rings. The molecule has 0 aliphatic carbocycles. The van der Waals surface area contributed by atoms with Gasteiger partial charge in [-0.15, -0.1) is 11.3 Å². The molecular weight excluding hydrogens is 390 g/mol. The van der Waals surface area contributed by atoms with E-state index in [1.807, 2.05) is 26.1 Å². The third-order valence-electron chi connectivity index (χ3n) is 5.37. The van der Waals surface area contributed by atoms with Gasteiger partial charge in [0.05, 0.1) is 17.2 Å². The summed E-state index contributed by atoms with van der Waals surface area (Å²) >= 11 is 7.99. The number of nitrogens with one attached hydrogen (secondary N) is 2. The summed E-state index contributed by atoms with van der Waals surface area (Å²) in [6.45, 7) is 6.85. The Morgan fingerprint density at radius 2 is 2.18 bits per heavy atom. The minimum atomic E-state index is 0.365. The number of aromatic nitrogens is 1. The van der Waals surface area contributed by atoms with Crippen molar-refractivity contribution in [2.45, 2.75) is 39.3 Å². The average Bonchev–Trinajstić information content (AvgIpc) is 2.99. The predicted octanol–water partition coefficient (Wildman–Crippen LogP) is 4.16. The number of halogens is 1. The molecule has 0 bridgehead atoms. The second-order valence-electron chi connectivity index (χ2n) is 7.43. The van der Waals surface area contributed by atoms with E-state index in [0.29, 0.717) is 12.0 Å². The fourth-order valence-corrected chi connectivity index (χ4v) is 5.12. The van der Waals surface area contributed by atoms with Crippen LogP contribution in [0.1, 0.15) is 40.0 Å². The zero-order chi connectivity index (χ0) is 20.1. The quantitative estimate of drug-likeness (QED) is 0.564. The highest BCUT2D eigenvalue weighted by molar-refractivity contribution is 7.11. The van der Waals surface area contributed by atoms with E-state index < -0.39 is 0 Å². The molecule has 1 saturated heterocycles. The van der Waals surface area contributed by atoms with Crippen molar-refractivity contribution in [1.82, 2.24) is 20.5 Å². The second-order valence-corrected chi connectivity index (χ2v) is 9.16. The molecule has 0 amide bonds. The van der Waals surface area contributed by atoms with Gasteiger partial charge in [-0.1, -0.05) is 23.7 Å². The molecule has 2 aromatic rings. The number of hydrogen-bond donors (Lipinski definition) is 2. The van der Waals surface area contributed by atoms with Crippen molar-refractivity contribution >= 4 is 28.9 Å². The van der Waals surface area contributed by atoms with E-state index in [-0.39, 0.29) is 0 Å². The standard InChI is InChI=1S/C21H30ClN5S/c1-14-19(28-15(2)26-14)13-25-21(23-3)24-12-17-8-6-10-27(4)20(17)16-7-5-9-18(22)11-16/h5,7,9,11,17,20H,6,8,10,12-13H2,1-4H3,(H2,23,24,25). The third kappa shape index (κ3) is 5.25. The normalized spacial score (nSPS) is 21.0. The fraction of sp³-hybridized carbons (Fsp3) is 0.524.